The number of hydrogen-bond acceptors (Lipinski definition) is 1. The lowest BCUT2D eigenvalue weighted by molar-refractivity contribution is 0.111. The highest BCUT2D eigenvalue weighted by atomic mass is 31.0. The Bertz CT molecular complexity index is 275. The zero-order chi connectivity index (χ0) is 8.43. The van der Waals surface area contributed by atoms with E-state index in [4.69, 9.17) is 0 Å². The Morgan fingerprint density at radius 3 is 2.09 bits per heavy atom. The largest absolute Gasteiger partial charge is 0.298 e. The molecule has 0 radical (unpaired) electrons. The summed E-state index contributed by atoms with van der Waals surface area (Å²) >= 11 is 0. The molecule has 0 aromatic heterocycles. The summed E-state index contributed by atoms with van der Waals surface area (Å²) in [4.78, 5) is 10.1. The molecule has 0 bridgehead atoms. The minimum absolute atomic E-state index is 0.161. The van der Waals surface area contributed by atoms with Crippen LogP contribution in [0, 0.1) is 11.6 Å². The van der Waals surface area contributed by atoms with Crippen molar-refractivity contribution in [1.29, 1.82) is 0 Å². The van der Waals surface area contributed by atoms with Crippen LogP contribution >= 0.6 is 9.24 Å². The summed E-state index contributed by atoms with van der Waals surface area (Å²) in [6, 6.07) is 2.16. The van der Waals surface area contributed by atoms with Crippen LogP contribution < -0.4 is 5.30 Å². The zero-order valence-corrected chi connectivity index (χ0v) is 6.63. The molecular formula is C7H5F2OP. The highest BCUT2D eigenvalue weighted by Gasteiger charge is 2.07. The second-order valence-corrected chi connectivity index (χ2v) is 2.68. The second-order valence-electron chi connectivity index (χ2n) is 2.02. The van der Waals surface area contributed by atoms with Gasteiger partial charge in [-0.25, -0.2) is 8.78 Å². The Hall–Kier alpha value is -0.820. The Kier molecular flexibility index (Phi) is 2.30. The third kappa shape index (κ3) is 1.60. The summed E-state index contributed by atoms with van der Waals surface area (Å²) in [5.41, 5.74) is -0.517. The summed E-state index contributed by atoms with van der Waals surface area (Å²) in [5.74, 6) is -1.66. The van der Waals surface area contributed by atoms with Crippen molar-refractivity contribution in [2.75, 3.05) is 0 Å². The number of aldehydes is 1. The molecular weight excluding hydrogens is 169 g/mol. The van der Waals surface area contributed by atoms with Crippen molar-refractivity contribution in [3.8, 4) is 0 Å². The van der Waals surface area contributed by atoms with Gasteiger partial charge in [0.05, 0.1) is 5.56 Å². The second kappa shape index (κ2) is 3.05. The molecule has 1 aromatic carbocycles. The van der Waals surface area contributed by atoms with Gasteiger partial charge in [-0.1, -0.05) is 0 Å². The lowest BCUT2D eigenvalue weighted by atomic mass is 10.2. The molecule has 0 aliphatic rings. The first kappa shape index (κ1) is 8.28. The van der Waals surface area contributed by atoms with Crippen LogP contribution in [0.15, 0.2) is 12.1 Å². The molecule has 0 spiro atoms. The molecule has 0 aliphatic carbocycles. The van der Waals surface area contributed by atoms with Gasteiger partial charge in [-0.3, -0.25) is 4.79 Å². The minimum atomic E-state index is -0.829. The highest BCUT2D eigenvalue weighted by Crippen LogP contribution is 2.08. The van der Waals surface area contributed by atoms with Crippen molar-refractivity contribution in [3.05, 3.63) is 29.3 Å². The third-order valence-corrected chi connectivity index (χ3v) is 1.55. The Morgan fingerprint density at radius 2 is 1.73 bits per heavy atom. The van der Waals surface area contributed by atoms with Crippen molar-refractivity contribution >= 4 is 20.8 Å². The third-order valence-electron chi connectivity index (χ3n) is 1.22. The van der Waals surface area contributed by atoms with E-state index in [2.05, 4.69) is 9.24 Å². The number of carbonyl (C=O) groups is 1. The summed E-state index contributed by atoms with van der Waals surface area (Å²) in [6.45, 7) is 0. The fourth-order valence-electron chi connectivity index (χ4n) is 0.716. The molecule has 1 unspecified atom stereocenters. The minimum Gasteiger partial charge on any atom is -0.298 e. The fourth-order valence-corrected chi connectivity index (χ4v) is 1.01. The van der Waals surface area contributed by atoms with Crippen LogP contribution in [0.5, 0.6) is 0 Å². The molecule has 11 heavy (non-hydrogen) atoms. The number of rotatable bonds is 1. The predicted octanol–water partition coefficient (Wildman–Crippen LogP) is 1.28. The van der Waals surface area contributed by atoms with Crippen LogP contribution in [0.1, 0.15) is 10.4 Å². The maximum atomic E-state index is 12.6. The standard InChI is InChI=1S/C7H5F2OP/c8-6-1-4(11)2-7(9)5(6)3-10/h1-3H,11H2. The lowest BCUT2D eigenvalue weighted by Gasteiger charge is -1.97. The molecule has 4 heteroatoms. The van der Waals surface area contributed by atoms with Gasteiger partial charge in [0, 0.05) is 0 Å². The van der Waals surface area contributed by atoms with Crippen LogP contribution in [-0.4, -0.2) is 6.29 Å². The number of hydrogen-bond donors (Lipinski definition) is 0. The van der Waals surface area contributed by atoms with Crippen LogP contribution in [-0.2, 0) is 0 Å². The van der Waals surface area contributed by atoms with Crippen LogP contribution in [0.25, 0.3) is 0 Å². The van der Waals surface area contributed by atoms with Gasteiger partial charge in [0.2, 0.25) is 0 Å². The van der Waals surface area contributed by atoms with Gasteiger partial charge in [0.25, 0.3) is 0 Å². The van der Waals surface area contributed by atoms with Gasteiger partial charge in [0.1, 0.15) is 11.6 Å². The molecule has 0 amide bonds. The van der Waals surface area contributed by atoms with Crippen molar-refractivity contribution in [2.24, 2.45) is 0 Å². The number of carbonyl (C=O) groups excluding carboxylic acids is 1. The van der Waals surface area contributed by atoms with Crippen LogP contribution in [0.2, 0.25) is 0 Å². The smallest absolute Gasteiger partial charge is 0.155 e. The molecule has 0 N–H and O–H groups in total. The molecule has 1 nitrogen and oxygen atoms in total. The van der Waals surface area contributed by atoms with E-state index >= 15 is 0 Å². The van der Waals surface area contributed by atoms with Gasteiger partial charge in [-0.15, -0.1) is 9.24 Å². The lowest BCUT2D eigenvalue weighted by Crippen LogP contribution is -2.01. The van der Waals surface area contributed by atoms with E-state index in [-0.39, 0.29) is 6.29 Å². The zero-order valence-electron chi connectivity index (χ0n) is 5.47. The van der Waals surface area contributed by atoms with Crippen molar-refractivity contribution in [2.45, 2.75) is 0 Å². The van der Waals surface area contributed by atoms with Gasteiger partial charge >= 0.3 is 0 Å². The molecule has 0 saturated carbocycles. The predicted molar refractivity (Wildman–Crippen MR) is 41.1 cm³/mol. The van der Waals surface area contributed by atoms with Crippen molar-refractivity contribution < 1.29 is 13.6 Å². The first-order chi connectivity index (χ1) is 5.15. The topological polar surface area (TPSA) is 17.1 Å². The summed E-state index contributed by atoms with van der Waals surface area (Å²) in [6.07, 6.45) is 0.161. The van der Waals surface area contributed by atoms with Crippen molar-refractivity contribution in [3.63, 3.8) is 0 Å². The van der Waals surface area contributed by atoms with E-state index in [1.54, 1.807) is 0 Å². The normalized spacial score (nSPS) is 9.73. The number of benzene rings is 1. The van der Waals surface area contributed by atoms with Gasteiger partial charge < -0.3 is 0 Å². The van der Waals surface area contributed by atoms with Crippen molar-refractivity contribution in [1.82, 2.24) is 0 Å². The Labute approximate surface area is 64.6 Å². The van der Waals surface area contributed by atoms with Gasteiger partial charge in [0.15, 0.2) is 6.29 Å². The fraction of sp³-hybridized carbons (Fsp3) is 0. The molecule has 0 saturated heterocycles. The van der Waals surface area contributed by atoms with E-state index < -0.39 is 17.2 Å². The Balaban J connectivity index is 3.36. The molecule has 1 atom stereocenters. The molecule has 1 rings (SSSR count). The molecule has 0 heterocycles. The summed E-state index contributed by atoms with van der Waals surface area (Å²) in [7, 11) is 2.14. The maximum absolute atomic E-state index is 12.6. The van der Waals surface area contributed by atoms with Crippen LogP contribution in [0.3, 0.4) is 0 Å². The monoisotopic (exact) mass is 174 g/mol. The SMILES string of the molecule is O=Cc1c(F)cc(P)cc1F. The number of halogens is 2. The average molecular weight is 174 g/mol. The summed E-state index contributed by atoms with van der Waals surface area (Å²) < 4.78 is 25.3. The maximum Gasteiger partial charge on any atom is 0.155 e. The molecule has 58 valence electrons. The summed E-state index contributed by atoms with van der Waals surface area (Å²) in [5, 5.41) is 0.380. The highest BCUT2D eigenvalue weighted by molar-refractivity contribution is 7.27. The van der Waals surface area contributed by atoms with Gasteiger partial charge in [-0.2, -0.15) is 0 Å². The van der Waals surface area contributed by atoms with Gasteiger partial charge in [-0.05, 0) is 17.4 Å². The van der Waals surface area contributed by atoms with E-state index in [0.29, 0.717) is 5.30 Å². The van der Waals surface area contributed by atoms with E-state index in [0.717, 1.165) is 12.1 Å². The molecule has 0 fully saturated rings. The van der Waals surface area contributed by atoms with Crippen LogP contribution in [0.4, 0.5) is 8.78 Å². The quantitative estimate of drug-likeness (QED) is 0.463. The molecule has 1 aromatic rings. The van der Waals surface area contributed by atoms with E-state index in [9.17, 15) is 13.6 Å². The first-order valence-corrected chi connectivity index (χ1v) is 3.42. The first-order valence-electron chi connectivity index (χ1n) is 2.85. The Morgan fingerprint density at radius 1 is 1.27 bits per heavy atom. The van der Waals surface area contributed by atoms with E-state index in [1.807, 2.05) is 0 Å². The van der Waals surface area contributed by atoms with E-state index in [1.165, 1.54) is 0 Å². The molecule has 0 aliphatic heterocycles. The average Bonchev–Trinajstić information content (AvgIpc) is 1.85.